The van der Waals surface area contributed by atoms with Crippen molar-refractivity contribution in [3.63, 3.8) is 0 Å². The van der Waals surface area contributed by atoms with Gasteiger partial charge in [-0.1, -0.05) is 0 Å². The average Bonchev–Trinajstić information content (AvgIpc) is 2.36. The Morgan fingerprint density at radius 2 is 2.27 bits per heavy atom. The highest BCUT2D eigenvalue weighted by atomic mass is 16.3. The van der Waals surface area contributed by atoms with Crippen molar-refractivity contribution in [1.82, 2.24) is 0 Å². The third-order valence-corrected chi connectivity index (χ3v) is 1.60. The van der Waals surface area contributed by atoms with E-state index in [-0.39, 0.29) is 6.04 Å². The van der Waals surface area contributed by atoms with Gasteiger partial charge in [0.1, 0.15) is 11.5 Å². The lowest BCUT2D eigenvalue weighted by Gasteiger charge is -2.05. The fraction of sp³-hybridized carbons (Fsp3) is 0.500. The minimum absolute atomic E-state index is 0.0475. The van der Waals surface area contributed by atoms with Gasteiger partial charge in [-0.2, -0.15) is 0 Å². The quantitative estimate of drug-likeness (QED) is 0.680. The fourth-order valence-electron chi connectivity index (χ4n) is 0.975. The molecule has 0 aliphatic rings. The molecule has 0 saturated carbocycles. The second-order valence-corrected chi connectivity index (χ2v) is 2.63. The molecule has 0 aromatic carbocycles. The molecule has 1 atom stereocenters. The van der Waals surface area contributed by atoms with E-state index in [0.717, 1.165) is 17.9 Å². The fourth-order valence-corrected chi connectivity index (χ4v) is 0.975. The molecule has 1 heterocycles. The highest BCUT2D eigenvalue weighted by Crippen LogP contribution is 2.15. The summed E-state index contributed by atoms with van der Waals surface area (Å²) in [5.41, 5.74) is 11.1. The van der Waals surface area contributed by atoms with Crippen LogP contribution in [0.2, 0.25) is 0 Å². The van der Waals surface area contributed by atoms with E-state index in [1.165, 1.54) is 0 Å². The number of hydrogen-bond acceptors (Lipinski definition) is 3. The second kappa shape index (κ2) is 3.55. The first-order chi connectivity index (χ1) is 5.24. The predicted molar refractivity (Wildman–Crippen MR) is 44.0 cm³/mol. The van der Waals surface area contributed by atoms with E-state index in [1.807, 2.05) is 19.1 Å². The van der Waals surface area contributed by atoms with E-state index in [4.69, 9.17) is 15.9 Å². The van der Waals surface area contributed by atoms with Gasteiger partial charge in [-0.05, 0) is 32.0 Å². The molecule has 0 amide bonds. The zero-order valence-electron chi connectivity index (χ0n) is 6.71. The van der Waals surface area contributed by atoms with Gasteiger partial charge in [-0.15, -0.1) is 0 Å². The Hall–Kier alpha value is -0.800. The molecule has 4 N–H and O–H groups in total. The summed E-state index contributed by atoms with van der Waals surface area (Å²) in [5, 5.41) is 0. The smallest absolute Gasteiger partial charge is 0.120 e. The molecular formula is C8H14N2O. The summed E-state index contributed by atoms with van der Waals surface area (Å²) < 4.78 is 5.32. The maximum Gasteiger partial charge on any atom is 0.120 e. The topological polar surface area (TPSA) is 65.2 Å². The largest absolute Gasteiger partial charge is 0.465 e. The Bertz CT molecular complexity index is 220. The molecule has 0 aliphatic heterocycles. The summed E-state index contributed by atoms with van der Waals surface area (Å²) in [4.78, 5) is 0. The molecule has 0 bridgehead atoms. The lowest BCUT2D eigenvalue weighted by Crippen LogP contribution is -2.14. The van der Waals surface area contributed by atoms with Crippen molar-refractivity contribution in [1.29, 1.82) is 0 Å². The van der Waals surface area contributed by atoms with E-state index >= 15 is 0 Å². The van der Waals surface area contributed by atoms with Gasteiger partial charge in [0.25, 0.3) is 0 Å². The number of aryl methyl sites for hydroxylation is 1. The molecule has 0 aliphatic carbocycles. The van der Waals surface area contributed by atoms with Crippen molar-refractivity contribution in [2.75, 3.05) is 6.54 Å². The van der Waals surface area contributed by atoms with Gasteiger partial charge in [-0.25, -0.2) is 0 Å². The molecule has 1 rings (SSSR count). The van der Waals surface area contributed by atoms with Crippen LogP contribution in [-0.2, 0) is 0 Å². The molecule has 1 aromatic rings. The van der Waals surface area contributed by atoms with E-state index in [1.54, 1.807) is 0 Å². The van der Waals surface area contributed by atoms with Crippen LogP contribution in [0.15, 0.2) is 16.5 Å². The number of nitrogens with two attached hydrogens (primary N) is 2. The van der Waals surface area contributed by atoms with E-state index < -0.39 is 0 Å². The molecule has 3 heteroatoms. The monoisotopic (exact) mass is 154 g/mol. The first kappa shape index (κ1) is 8.30. The molecule has 0 spiro atoms. The zero-order valence-corrected chi connectivity index (χ0v) is 6.71. The molecule has 62 valence electrons. The Balaban J connectivity index is 2.60. The Morgan fingerprint density at radius 3 is 2.73 bits per heavy atom. The summed E-state index contributed by atoms with van der Waals surface area (Å²) in [6, 6.07) is 3.76. The van der Waals surface area contributed by atoms with Gasteiger partial charge in [0.05, 0.1) is 6.04 Å². The van der Waals surface area contributed by atoms with Gasteiger partial charge in [0.2, 0.25) is 0 Å². The highest BCUT2D eigenvalue weighted by molar-refractivity contribution is 5.08. The van der Waals surface area contributed by atoms with Crippen LogP contribution in [0.5, 0.6) is 0 Å². The van der Waals surface area contributed by atoms with Crippen LogP contribution in [-0.4, -0.2) is 6.54 Å². The Kier molecular flexibility index (Phi) is 2.68. The van der Waals surface area contributed by atoms with Crippen LogP contribution in [0, 0.1) is 6.92 Å². The van der Waals surface area contributed by atoms with Crippen LogP contribution in [0.25, 0.3) is 0 Å². The Labute approximate surface area is 66.4 Å². The summed E-state index contributed by atoms with van der Waals surface area (Å²) in [6.45, 7) is 2.50. The first-order valence-corrected chi connectivity index (χ1v) is 3.76. The van der Waals surface area contributed by atoms with Crippen molar-refractivity contribution in [2.24, 2.45) is 11.5 Å². The SMILES string of the molecule is Cc1ccc(C(N)CCN)o1. The minimum atomic E-state index is -0.0475. The van der Waals surface area contributed by atoms with Gasteiger partial charge < -0.3 is 15.9 Å². The summed E-state index contributed by atoms with van der Waals surface area (Å²) in [7, 11) is 0. The van der Waals surface area contributed by atoms with Crippen LogP contribution >= 0.6 is 0 Å². The molecular weight excluding hydrogens is 140 g/mol. The Morgan fingerprint density at radius 1 is 1.55 bits per heavy atom. The maximum absolute atomic E-state index is 5.75. The molecule has 0 fully saturated rings. The lowest BCUT2D eigenvalue weighted by atomic mass is 10.2. The number of hydrogen-bond donors (Lipinski definition) is 2. The van der Waals surface area contributed by atoms with Crippen molar-refractivity contribution >= 4 is 0 Å². The summed E-state index contributed by atoms with van der Waals surface area (Å²) in [6.07, 6.45) is 0.771. The second-order valence-electron chi connectivity index (χ2n) is 2.63. The highest BCUT2D eigenvalue weighted by Gasteiger charge is 2.07. The van der Waals surface area contributed by atoms with E-state index in [0.29, 0.717) is 6.54 Å². The van der Waals surface area contributed by atoms with Crippen molar-refractivity contribution in [2.45, 2.75) is 19.4 Å². The lowest BCUT2D eigenvalue weighted by molar-refractivity contribution is 0.437. The minimum Gasteiger partial charge on any atom is -0.465 e. The number of rotatable bonds is 3. The normalized spacial score (nSPS) is 13.4. The van der Waals surface area contributed by atoms with Crippen LogP contribution in [0.1, 0.15) is 24.0 Å². The molecule has 0 saturated heterocycles. The molecule has 11 heavy (non-hydrogen) atoms. The van der Waals surface area contributed by atoms with Crippen LogP contribution in [0.4, 0.5) is 0 Å². The van der Waals surface area contributed by atoms with E-state index in [9.17, 15) is 0 Å². The first-order valence-electron chi connectivity index (χ1n) is 3.76. The maximum atomic E-state index is 5.75. The van der Waals surface area contributed by atoms with Crippen molar-refractivity contribution in [3.8, 4) is 0 Å². The number of furan rings is 1. The zero-order chi connectivity index (χ0) is 8.27. The van der Waals surface area contributed by atoms with Gasteiger partial charge in [0.15, 0.2) is 0 Å². The molecule has 1 aromatic heterocycles. The van der Waals surface area contributed by atoms with Crippen LogP contribution in [0.3, 0.4) is 0 Å². The summed E-state index contributed by atoms with van der Waals surface area (Å²) >= 11 is 0. The van der Waals surface area contributed by atoms with Crippen LogP contribution < -0.4 is 11.5 Å². The molecule has 3 nitrogen and oxygen atoms in total. The summed E-state index contributed by atoms with van der Waals surface area (Å²) in [5.74, 6) is 1.72. The predicted octanol–water partition coefficient (Wildman–Crippen LogP) is 0.937. The molecule has 0 radical (unpaired) electrons. The van der Waals surface area contributed by atoms with Crippen molar-refractivity contribution < 1.29 is 4.42 Å². The van der Waals surface area contributed by atoms with E-state index in [2.05, 4.69) is 0 Å². The standard InChI is InChI=1S/C8H14N2O/c1-6-2-3-8(11-6)7(10)4-5-9/h2-3,7H,4-5,9-10H2,1H3. The van der Waals surface area contributed by atoms with Gasteiger partial charge in [-0.3, -0.25) is 0 Å². The van der Waals surface area contributed by atoms with Gasteiger partial charge in [0, 0.05) is 0 Å². The average molecular weight is 154 g/mol. The van der Waals surface area contributed by atoms with Gasteiger partial charge >= 0.3 is 0 Å². The third-order valence-electron chi connectivity index (χ3n) is 1.60. The van der Waals surface area contributed by atoms with Crippen molar-refractivity contribution in [3.05, 3.63) is 23.7 Å². The third kappa shape index (κ3) is 2.06. The molecule has 1 unspecified atom stereocenters.